The maximum absolute atomic E-state index is 12.5. The van der Waals surface area contributed by atoms with Gasteiger partial charge in [-0.05, 0) is 48.4 Å². The van der Waals surface area contributed by atoms with Gasteiger partial charge in [0.05, 0.1) is 6.61 Å². The summed E-state index contributed by atoms with van der Waals surface area (Å²) in [6.07, 6.45) is 1.54. The second kappa shape index (κ2) is 10.5. The van der Waals surface area contributed by atoms with Crippen LogP contribution in [0.4, 0.5) is 5.69 Å². The zero-order chi connectivity index (χ0) is 21.2. The molecule has 0 atom stereocenters. The molecule has 30 heavy (non-hydrogen) atoms. The highest BCUT2D eigenvalue weighted by Crippen LogP contribution is 2.19. The van der Waals surface area contributed by atoms with Crippen molar-refractivity contribution in [1.29, 1.82) is 5.26 Å². The molecule has 0 radical (unpaired) electrons. The number of nitriles is 1. The summed E-state index contributed by atoms with van der Waals surface area (Å²) in [6.45, 7) is 2.90. The van der Waals surface area contributed by atoms with Crippen LogP contribution in [0.25, 0.3) is 6.08 Å². The number of benzene rings is 3. The number of anilines is 1. The first-order valence-electron chi connectivity index (χ1n) is 9.60. The van der Waals surface area contributed by atoms with E-state index in [4.69, 9.17) is 9.47 Å². The van der Waals surface area contributed by atoms with Gasteiger partial charge in [0.2, 0.25) is 0 Å². The van der Waals surface area contributed by atoms with Crippen molar-refractivity contribution in [2.45, 2.75) is 13.5 Å². The van der Waals surface area contributed by atoms with Gasteiger partial charge in [0.1, 0.15) is 29.7 Å². The van der Waals surface area contributed by atoms with Crippen LogP contribution in [-0.4, -0.2) is 12.5 Å². The molecule has 0 spiro atoms. The van der Waals surface area contributed by atoms with Crippen LogP contribution in [0.1, 0.15) is 18.1 Å². The highest BCUT2D eigenvalue weighted by atomic mass is 16.5. The minimum absolute atomic E-state index is 0.00904. The Labute approximate surface area is 176 Å². The van der Waals surface area contributed by atoms with E-state index in [1.165, 1.54) is 0 Å². The first kappa shape index (κ1) is 20.7. The van der Waals surface area contributed by atoms with Gasteiger partial charge in [0.15, 0.2) is 0 Å². The highest BCUT2D eigenvalue weighted by molar-refractivity contribution is 6.09. The van der Waals surface area contributed by atoms with Crippen LogP contribution >= 0.6 is 0 Å². The Kier molecular flexibility index (Phi) is 7.23. The largest absolute Gasteiger partial charge is 0.494 e. The fraction of sp³-hybridized carbons (Fsp3) is 0.120. The summed E-state index contributed by atoms with van der Waals surface area (Å²) in [5.41, 5.74) is 2.39. The van der Waals surface area contributed by atoms with Crippen molar-refractivity contribution < 1.29 is 14.3 Å². The summed E-state index contributed by atoms with van der Waals surface area (Å²) in [5.74, 6) is 0.895. The van der Waals surface area contributed by atoms with Crippen LogP contribution in [0, 0.1) is 11.3 Å². The molecule has 5 heteroatoms. The van der Waals surface area contributed by atoms with E-state index < -0.39 is 5.91 Å². The number of carbonyl (C=O) groups excluding carboxylic acids is 1. The normalized spacial score (nSPS) is 10.7. The lowest BCUT2D eigenvalue weighted by Gasteiger charge is -2.08. The lowest BCUT2D eigenvalue weighted by Crippen LogP contribution is -2.13. The molecule has 0 saturated heterocycles. The third-order valence-corrected chi connectivity index (χ3v) is 4.21. The van der Waals surface area contributed by atoms with Crippen LogP contribution in [0.15, 0.2) is 84.4 Å². The molecule has 0 saturated carbocycles. The van der Waals surface area contributed by atoms with Crippen LogP contribution in [-0.2, 0) is 11.4 Å². The molecule has 1 amide bonds. The molecule has 3 aromatic rings. The highest BCUT2D eigenvalue weighted by Gasteiger charge is 2.10. The number of nitrogens with one attached hydrogen (secondary N) is 1. The summed E-state index contributed by atoms with van der Waals surface area (Å²) < 4.78 is 11.2. The van der Waals surface area contributed by atoms with Crippen molar-refractivity contribution >= 4 is 17.7 Å². The van der Waals surface area contributed by atoms with Gasteiger partial charge in [0.25, 0.3) is 5.91 Å². The third kappa shape index (κ3) is 5.98. The summed E-state index contributed by atoms with van der Waals surface area (Å²) in [5, 5.41) is 12.1. The molecule has 3 rings (SSSR count). The van der Waals surface area contributed by atoms with Crippen molar-refractivity contribution in [3.05, 3.63) is 95.6 Å². The molecule has 5 nitrogen and oxygen atoms in total. The second-order valence-corrected chi connectivity index (χ2v) is 6.43. The average molecular weight is 398 g/mol. The molecule has 0 aromatic heterocycles. The number of hydrogen-bond donors (Lipinski definition) is 1. The van der Waals surface area contributed by atoms with E-state index in [1.54, 1.807) is 36.4 Å². The molecule has 0 aliphatic carbocycles. The van der Waals surface area contributed by atoms with Crippen LogP contribution in [0.5, 0.6) is 11.5 Å². The number of amides is 1. The van der Waals surface area contributed by atoms with Crippen molar-refractivity contribution in [2.24, 2.45) is 0 Å². The van der Waals surface area contributed by atoms with Crippen LogP contribution in [0.2, 0.25) is 0 Å². The standard InChI is InChI=1S/C25H22N2O3/c1-2-29-24-10-6-9-22(16-24)27-25(28)21(17-26)15-19-11-13-23(14-12-19)30-18-20-7-4-3-5-8-20/h3-16H,2,18H2,1H3,(H,27,28). The third-order valence-electron chi connectivity index (χ3n) is 4.21. The quantitative estimate of drug-likeness (QED) is 0.418. The first-order valence-corrected chi connectivity index (χ1v) is 9.60. The van der Waals surface area contributed by atoms with Crippen LogP contribution in [0.3, 0.4) is 0 Å². The molecule has 0 unspecified atom stereocenters. The number of rotatable bonds is 8. The van der Waals surface area contributed by atoms with Gasteiger partial charge in [-0.2, -0.15) is 5.26 Å². The predicted octanol–water partition coefficient (Wildman–Crippen LogP) is 5.21. The molecular weight excluding hydrogens is 376 g/mol. The van der Waals surface area contributed by atoms with Gasteiger partial charge in [0, 0.05) is 11.8 Å². The van der Waals surface area contributed by atoms with E-state index in [2.05, 4.69) is 5.32 Å². The lowest BCUT2D eigenvalue weighted by atomic mass is 10.1. The Hall–Kier alpha value is -4.04. The fourth-order valence-electron chi connectivity index (χ4n) is 2.75. The Morgan fingerprint density at radius 2 is 1.73 bits per heavy atom. The molecule has 0 heterocycles. The number of nitrogens with zero attached hydrogens (tertiary/aromatic N) is 1. The van der Waals surface area contributed by atoms with Gasteiger partial charge in [-0.1, -0.05) is 48.5 Å². The van der Waals surface area contributed by atoms with Gasteiger partial charge < -0.3 is 14.8 Å². The Morgan fingerprint density at radius 3 is 2.43 bits per heavy atom. The minimum Gasteiger partial charge on any atom is -0.494 e. The summed E-state index contributed by atoms with van der Waals surface area (Å²) >= 11 is 0. The maximum atomic E-state index is 12.5. The molecule has 0 bridgehead atoms. The Bertz CT molecular complexity index is 1050. The zero-order valence-corrected chi connectivity index (χ0v) is 16.7. The second-order valence-electron chi connectivity index (χ2n) is 6.43. The molecule has 0 aliphatic rings. The topological polar surface area (TPSA) is 71.3 Å². The van der Waals surface area contributed by atoms with Crippen molar-refractivity contribution in [3.8, 4) is 17.6 Å². The van der Waals surface area contributed by atoms with Gasteiger partial charge in [-0.25, -0.2) is 0 Å². The van der Waals surface area contributed by atoms with E-state index in [-0.39, 0.29) is 5.57 Å². The lowest BCUT2D eigenvalue weighted by molar-refractivity contribution is -0.112. The smallest absolute Gasteiger partial charge is 0.266 e. The molecule has 150 valence electrons. The van der Waals surface area contributed by atoms with Crippen molar-refractivity contribution in [1.82, 2.24) is 0 Å². The fourth-order valence-corrected chi connectivity index (χ4v) is 2.75. The minimum atomic E-state index is -0.476. The van der Waals surface area contributed by atoms with Crippen molar-refractivity contribution in [3.63, 3.8) is 0 Å². The molecule has 3 aromatic carbocycles. The van der Waals surface area contributed by atoms with Gasteiger partial charge in [-0.15, -0.1) is 0 Å². The maximum Gasteiger partial charge on any atom is 0.266 e. The Balaban J connectivity index is 1.64. The van der Waals surface area contributed by atoms with E-state index in [0.717, 1.165) is 11.1 Å². The summed E-state index contributed by atoms with van der Waals surface area (Å²) in [4.78, 5) is 12.5. The van der Waals surface area contributed by atoms with E-state index in [0.29, 0.717) is 30.4 Å². The van der Waals surface area contributed by atoms with Gasteiger partial charge >= 0.3 is 0 Å². The number of carbonyl (C=O) groups is 1. The van der Waals surface area contributed by atoms with Crippen LogP contribution < -0.4 is 14.8 Å². The monoisotopic (exact) mass is 398 g/mol. The summed E-state index contributed by atoms with van der Waals surface area (Å²) in [6, 6.07) is 26.1. The van der Waals surface area contributed by atoms with E-state index in [1.807, 2.05) is 61.5 Å². The molecule has 1 N–H and O–H groups in total. The predicted molar refractivity (Wildman–Crippen MR) is 117 cm³/mol. The van der Waals surface area contributed by atoms with Gasteiger partial charge in [-0.3, -0.25) is 4.79 Å². The number of ether oxygens (including phenoxy) is 2. The van der Waals surface area contributed by atoms with E-state index >= 15 is 0 Å². The average Bonchev–Trinajstić information content (AvgIpc) is 2.78. The Morgan fingerprint density at radius 1 is 0.967 bits per heavy atom. The van der Waals surface area contributed by atoms with Crippen molar-refractivity contribution in [2.75, 3.05) is 11.9 Å². The summed E-state index contributed by atoms with van der Waals surface area (Å²) in [7, 11) is 0. The first-order chi connectivity index (χ1) is 14.7. The number of hydrogen-bond acceptors (Lipinski definition) is 4. The SMILES string of the molecule is CCOc1cccc(NC(=O)C(C#N)=Cc2ccc(OCc3ccccc3)cc2)c1. The molecular formula is C25H22N2O3. The van der Waals surface area contributed by atoms with E-state index in [9.17, 15) is 10.1 Å². The molecule has 0 aliphatic heterocycles. The molecule has 0 fully saturated rings. The zero-order valence-electron chi connectivity index (χ0n) is 16.7.